The maximum absolute atomic E-state index is 12.3. The number of hydrogen-bond donors (Lipinski definition) is 1. The molecular formula is C10H8ClF3N2O2. The SMILES string of the molecule is O=C(O)c1cnc(N2CC(C(F)(F)F)C2)c(Cl)c1. The summed E-state index contributed by atoms with van der Waals surface area (Å²) in [7, 11) is 0. The Morgan fingerprint density at radius 3 is 2.56 bits per heavy atom. The highest BCUT2D eigenvalue weighted by Crippen LogP contribution is 2.37. The summed E-state index contributed by atoms with van der Waals surface area (Å²) in [6.07, 6.45) is -3.14. The predicted octanol–water partition coefficient (Wildman–Crippen LogP) is 2.43. The van der Waals surface area contributed by atoms with Crippen LogP contribution in [0.3, 0.4) is 0 Å². The smallest absolute Gasteiger partial charge is 0.395 e. The number of carbonyl (C=O) groups is 1. The number of pyridine rings is 1. The van der Waals surface area contributed by atoms with E-state index in [4.69, 9.17) is 16.7 Å². The summed E-state index contributed by atoms with van der Waals surface area (Å²) < 4.78 is 36.9. The molecule has 1 fully saturated rings. The second-order valence-corrected chi connectivity index (χ2v) is 4.39. The predicted molar refractivity (Wildman–Crippen MR) is 58.0 cm³/mol. The van der Waals surface area contributed by atoms with Crippen LogP contribution in [-0.4, -0.2) is 35.3 Å². The summed E-state index contributed by atoms with van der Waals surface area (Å²) in [6.45, 7) is -0.411. The number of carboxylic acids is 1. The van der Waals surface area contributed by atoms with Gasteiger partial charge in [-0.1, -0.05) is 11.6 Å². The molecule has 2 heterocycles. The third-order valence-electron chi connectivity index (χ3n) is 2.71. The lowest BCUT2D eigenvalue weighted by Crippen LogP contribution is -2.53. The summed E-state index contributed by atoms with van der Waals surface area (Å²) in [4.78, 5) is 15.8. The summed E-state index contributed by atoms with van der Waals surface area (Å²) in [5.41, 5.74) is -0.100. The molecule has 1 N–H and O–H groups in total. The molecule has 98 valence electrons. The van der Waals surface area contributed by atoms with Gasteiger partial charge in [-0.2, -0.15) is 13.2 Å². The van der Waals surface area contributed by atoms with E-state index in [0.717, 1.165) is 6.20 Å². The van der Waals surface area contributed by atoms with Gasteiger partial charge in [-0.3, -0.25) is 0 Å². The van der Waals surface area contributed by atoms with Gasteiger partial charge in [0, 0.05) is 19.3 Å². The van der Waals surface area contributed by atoms with Gasteiger partial charge in [-0.25, -0.2) is 9.78 Å². The Labute approximate surface area is 105 Å². The Bertz CT molecular complexity index is 487. The molecule has 0 amide bonds. The zero-order chi connectivity index (χ0) is 13.5. The molecule has 18 heavy (non-hydrogen) atoms. The minimum atomic E-state index is -4.22. The van der Waals surface area contributed by atoms with Crippen LogP contribution in [0, 0.1) is 5.92 Å². The molecule has 0 spiro atoms. The van der Waals surface area contributed by atoms with Crippen molar-refractivity contribution in [3.05, 3.63) is 22.8 Å². The van der Waals surface area contributed by atoms with Crippen molar-refractivity contribution in [1.29, 1.82) is 0 Å². The van der Waals surface area contributed by atoms with Gasteiger partial charge in [0.1, 0.15) is 5.82 Å². The number of anilines is 1. The average molecular weight is 281 g/mol. The number of nitrogens with zero attached hydrogens (tertiary/aromatic N) is 2. The second kappa shape index (κ2) is 4.31. The molecule has 1 aliphatic rings. The number of aromatic carboxylic acids is 1. The van der Waals surface area contributed by atoms with Crippen LogP contribution in [0.1, 0.15) is 10.4 Å². The molecule has 2 rings (SSSR count). The molecule has 1 saturated heterocycles. The summed E-state index contributed by atoms with van der Waals surface area (Å²) >= 11 is 5.79. The summed E-state index contributed by atoms with van der Waals surface area (Å²) in [5.74, 6) is -2.38. The van der Waals surface area contributed by atoms with Gasteiger partial charge in [-0.05, 0) is 6.07 Å². The van der Waals surface area contributed by atoms with E-state index in [-0.39, 0.29) is 29.5 Å². The molecule has 8 heteroatoms. The molecule has 1 aliphatic heterocycles. The van der Waals surface area contributed by atoms with Gasteiger partial charge in [0.2, 0.25) is 0 Å². The van der Waals surface area contributed by atoms with Gasteiger partial charge < -0.3 is 10.0 Å². The minimum absolute atomic E-state index is 0.0375. The molecule has 1 aromatic rings. The first kappa shape index (κ1) is 12.9. The van der Waals surface area contributed by atoms with E-state index in [0.29, 0.717) is 0 Å². The topological polar surface area (TPSA) is 53.4 Å². The Kier molecular flexibility index (Phi) is 3.10. The van der Waals surface area contributed by atoms with Crippen LogP contribution in [0.4, 0.5) is 19.0 Å². The molecule has 0 aromatic carbocycles. The van der Waals surface area contributed by atoms with Crippen LogP contribution in [0.5, 0.6) is 0 Å². The van der Waals surface area contributed by atoms with Gasteiger partial charge in [0.15, 0.2) is 0 Å². The molecule has 4 nitrogen and oxygen atoms in total. The van der Waals surface area contributed by atoms with Crippen LogP contribution >= 0.6 is 11.6 Å². The fourth-order valence-electron chi connectivity index (χ4n) is 1.64. The number of rotatable bonds is 2. The first-order chi connectivity index (χ1) is 8.29. The highest BCUT2D eigenvalue weighted by Gasteiger charge is 2.47. The molecular weight excluding hydrogens is 273 g/mol. The van der Waals surface area contributed by atoms with Crippen molar-refractivity contribution in [2.45, 2.75) is 6.18 Å². The number of hydrogen-bond acceptors (Lipinski definition) is 3. The van der Waals surface area contributed by atoms with E-state index >= 15 is 0 Å². The number of aromatic nitrogens is 1. The lowest BCUT2D eigenvalue weighted by molar-refractivity contribution is -0.180. The zero-order valence-corrected chi connectivity index (χ0v) is 9.66. The van der Waals surface area contributed by atoms with E-state index in [1.807, 2.05) is 0 Å². The quantitative estimate of drug-likeness (QED) is 0.904. The maximum Gasteiger partial charge on any atom is 0.395 e. The lowest BCUT2D eigenvalue weighted by Gasteiger charge is -2.41. The molecule has 0 unspecified atom stereocenters. The Morgan fingerprint density at radius 1 is 1.50 bits per heavy atom. The fourth-order valence-corrected chi connectivity index (χ4v) is 1.92. The number of carboxylic acid groups (broad SMARTS) is 1. The van der Waals surface area contributed by atoms with Crippen LogP contribution in [0.25, 0.3) is 0 Å². The molecule has 0 radical (unpaired) electrons. The molecule has 1 aromatic heterocycles. The van der Waals surface area contributed by atoms with Gasteiger partial charge in [-0.15, -0.1) is 0 Å². The van der Waals surface area contributed by atoms with Crippen LogP contribution < -0.4 is 4.90 Å². The Morgan fingerprint density at radius 2 is 2.11 bits per heavy atom. The van der Waals surface area contributed by atoms with E-state index < -0.39 is 18.1 Å². The monoisotopic (exact) mass is 280 g/mol. The van der Waals surface area contributed by atoms with Crippen LogP contribution in [0.15, 0.2) is 12.3 Å². The standard InChI is InChI=1S/C10H8ClF3N2O2/c11-7-1-5(9(17)18)2-15-8(7)16-3-6(4-16)10(12,13)14/h1-2,6H,3-4H2,(H,17,18). The van der Waals surface area contributed by atoms with E-state index in [1.54, 1.807) is 0 Å². The summed E-state index contributed by atoms with van der Waals surface area (Å²) in [5, 5.41) is 8.74. The van der Waals surface area contributed by atoms with Crippen molar-refractivity contribution >= 4 is 23.4 Å². The number of alkyl halides is 3. The van der Waals surface area contributed by atoms with Gasteiger partial charge in [0.25, 0.3) is 0 Å². The van der Waals surface area contributed by atoms with Crippen molar-refractivity contribution in [3.8, 4) is 0 Å². The molecule has 0 aliphatic carbocycles. The van der Waals surface area contributed by atoms with Crippen molar-refractivity contribution in [3.63, 3.8) is 0 Å². The van der Waals surface area contributed by atoms with E-state index in [1.165, 1.54) is 11.0 Å². The van der Waals surface area contributed by atoms with E-state index in [2.05, 4.69) is 4.98 Å². The highest BCUT2D eigenvalue weighted by atomic mass is 35.5. The molecule has 0 bridgehead atoms. The van der Waals surface area contributed by atoms with Gasteiger partial charge >= 0.3 is 12.1 Å². The third kappa shape index (κ3) is 2.35. The van der Waals surface area contributed by atoms with Crippen molar-refractivity contribution in [2.75, 3.05) is 18.0 Å². The third-order valence-corrected chi connectivity index (χ3v) is 2.99. The summed E-state index contributed by atoms with van der Waals surface area (Å²) in [6, 6.07) is 1.17. The number of halogens is 4. The fraction of sp³-hybridized carbons (Fsp3) is 0.400. The van der Waals surface area contributed by atoms with Crippen LogP contribution in [0.2, 0.25) is 5.02 Å². The average Bonchev–Trinajstić information content (AvgIpc) is 2.15. The Balaban J connectivity index is 2.11. The van der Waals surface area contributed by atoms with Gasteiger partial charge in [0.05, 0.1) is 16.5 Å². The van der Waals surface area contributed by atoms with Crippen LogP contribution in [-0.2, 0) is 0 Å². The van der Waals surface area contributed by atoms with Crippen molar-refractivity contribution in [2.24, 2.45) is 5.92 Å². The first-order valence-electron chi connectivity index (χ1n) is 4.99. The minimum Gasteiger partial charge on any atom is -0.478 e. The highest BCUT2D eigenvalue weighted by molar-refractivity contribution is 6.33. The normalized spacial score (nSPS) is 16.6. The van der Waals surface area contributed by atoms with E-state index in [9.17, 15) is 18.0 Å². The maximum atomic E-state index is 12.3. The molecule has 0 saturated carbocycles. The lowest BCUT2D eigenvalue weighted by atomic mass is 10.00. The van der Waals surface area contributed by atoms with Crippen molar-refractivity contribution in [1.82, 2.24) is 4.98 Å². The largest absolute Gasteiger partial charge is 0.478 e. The second-order valence-electron chi connectivity index (χ2n) is 3.98. The first-order valence-corrected chi connectivity index (χ1v) is 5.37. The zero-order valence-electron chi connectivity index (χ0n) is 8.91. The molecule has 0 atom stereocenters. The van der Waals surface area contributed by atoms with Crippen molar-refractivity contribution < 1.29 is 23.1 Å². The Hall–Kier alpha value is -1.50.